The molecule has 1 saturated heterocycles. The van der Waals surface area contributed by atoms with Crippen molar-refractivity contribution in [1.82, 2.24) is 19.2 Å². The van der Waals surface area contributed by atoms with Crippen molar-refractivity contribution in [2.45, 2.75) is 45.3 Å². The van der Waals surface area contributed by atoms with Crippen LogP contribution in [0.5, 0.6) is 0 Å². The van der Waals surface area contributed by atoms with Crippen LogP contribution in [0.15, 0.2) is 59.4 Å². The van der Waals surface area contributed by atoms with Crippen molar-refractivity contribution < 1.29 is 9.53 Å². The lowest BCUT2D eigenvalue weighted by Gasteiger charge is -2.31. The summed E-state index contributed by atoms with van der Waals surface area (Å²) >= 11 is 0. The molecule has 7 heteroatoms. The van der Waals surface area contributed by atoms with Crippen molar-refractivity contribution in [3.63, 3.8) is 0 Å². The zero-order valence-electron chi connectivity index (χ0n) is 18.7. The number of methoxy groups -OCH3 is 1. The molecule has 0 unspecified atom stereocenters. The van der Waals surface area contributed by atoms with Gasteiger partial charge in [0.15, 0.2) is 0 Å². The van der Waals surface area contributed by atoms with E-state index in [2.05, 4.69) is 4.90 Å². The predicted molar refractivity (Wildman–Crippen MR) is 123 cm³/mol. The Morgan fingerprint density at radius 3 is 2.28 bits per heavy atom. The van der Waals surface area contributed by atoms with Crippen LogP contribution in [0.25, 0.3) is 0 Å². The van der Waals surface area contributed by atoms with Crippen LogP contribution in [0.4, 0.5) is 0 Å². The molecule has 32 heavy (non-hydrogen) atoms. The quantitative estimate of drug-likeness (QED) is 0.534. The van der Waals surface area contributed by atoms with E-state index in [0.29, 0.717) is 18.7 Å². The number of carbonyl (C=O) groups excluding carboxylic acids is 1. The minimum absolute atomic E-state index is 0.0283. The highest BCUT2D eigenvalue weighted by atomic mass is 16.5. The molecule has 0 N–H and O–H groups in total. The number of nitrogens with zero attached hydrogens (tertiary/aromatic N) is 4. The lowest BCUT2D eigenvalue weighted by Crippen LogP contribution is -2.33. The number of esters is 1. The van der Waals surface area contributed by atoms with Crippen LogP contribution in [0.1, 0.15) is 53.0 Å². The number of likely N-dealkylation sites (tertiary alicyclic amines) is 1. The maximum Gasteiger partial charge on any atom is 0.346 e. The number of benzene rings is 2. The van der Waals surface area contributed by atoms with Crippen molar-refractivity contribution >= 4 is 5.97 Å². The normalized spacial score (nSPS) is 15.1. The van der Waals surface area contributed by atoms with E-state index in [1.807, 2.05) is 66.1 Å². The van der Waals surface area contributed by atoms with Gasteiger partial charge in [0.05, 0.1) is 19.2 Å². The summed E-state index contributed by atoms with van der Waals surface area (Å²) in [6.07, 6.45) is 1.95. The molecule has 2 heterocycles. The second-order valence-corrected chi connectivity index (χ2v) is 8.27. The summed E-state index contributed by atoms with van der Waals surface area (Å²) in [6.45, 7) is 5.89. The first kappa shape index (κ1) is 22.0. The topological polar surface area (TPSA) is 69.4 Å². The van der Waals surface area contributed by atoms with E-state index in [4.69, 9.17) is 9.84 Å². The molecule has 7 nitrogen and oxygen atoms in total. The van der Waals surface area contributed by atoms with E-state index in [1.165, 1.54) is 12.7 Å². The van der Waals surface area contributed by atoms with Crippen LogP contribution in [0.3, 0.4) is 0 Å². The molecule has 0 radical (unpaired) electrons. The van der Waals surface area contributed by atoms with Gasteiger partial charge in [-0.15, -0.1) is 0 Å². The number of hydrogen-bond donors (Lipinski definition) is 0. The Balaban J connectivity index is 1.40. The van der Waals surface area contributed by atoms with Crippen molar-refractivity contribution in [1.29, 1.82) is 0 Å². The second kappa shape index (κ2) is 9.96. The van der Waals surface area contributed by atoms with Gasteiger partial charge in [0, 0.05) is 19.0 Å². The Morgan fingerprint density at radius 1 is 1.00 bits per heavy atom. The average Bonchev–Trinajstić information content (AvgIpc) is 3.15. The van der Waals surface area contributed by atoms with Crippen LogP contribution in [-0.2, 0) is 24.4 Å². The summed E-state index contributed by atoms with van der Waals surface area (Å²) in [5.41, 5.74) is 2.79. The molecule has 0 atom stereocenters. The monoisotopic (exact) mass is 434 g/mol. The fraction of sp³-hybridized carbons (Fsp3) is 0.400. The molecular weight excluding hydrogens is 404 g/mol. The summed E-state index contributed by atoms with van der Waals surface area (Å²) < 4.78 is 8.19. The van der Waals surface area contributed by atoms with E-state index in [9.17, 15) is 9.59 Å². The Kier molecular flexibility index (Phi) is 6.85. The van der Waals surface area contributed by atoms with E-state index in [0.717, 1.165) is 43.9 Å². The van der Waals surface area contributed by atoms with Crippen LogP contribution in [0, 0.1) is 0 Å². The maximum absolute atomic E-state index is 12.9. The van der Waals surface area contributed by atoms with Crippen LogP contribution in [0.2, 0.25) is 0 Å². The van der Waals surface area contributed by atoms with Crippen molar-refractivity contribution in [3.8, 4) is 0 Å². The Bertz CT molecular complexity index is 1090. The Morgan fingerprint density at radius 2 is 1.66 bits per heavy atom. The number of carbonyl (C=O) groups is 1. The van der Waals surface area contributed by atoms with E-state index < -0.39 is 0 Å². The zero-order valence-corrected chi connectivity index (χ0v) is 18.7. The third-order valence-electron chi connectivity index (χ3n) is 6.18. The highest BCUT2D eigenvalue weighted by Crippen LogP contribution is 2.27. The van der Waals surface area contributed by atoms with E-state index in [1.54, 1.807) is 4.68 Å². The van der Waals surface area contributed by atoms with Crippen molar-refractivity contribution in [3.05, 3.63) is 87.6 Å². The second-order valence-electron chi connectivity index (χ2n) is 8.27. The van der Waals surface area contributed by atoms with Gasteiger partial charge in [-0.1, -0.05) is 42.5 Å². The van der Waals surface area contributed by atoms with Crippen molar-refractivity contribution in [2.75, 3.05) is 20.2 Å². The molecule has 0 amide bonds. The molecule has 1 aliphatic heterocycles. The molecule has 2 aromatic carbocycles. The third-order valence-corrected chi connectivity index (χ3v) is 6.18. The highest BCUT2D eigenvalue weighted by molar-refractivity contribution is 5.89. The zero-order chi connectivity index (χ0) is 22.5. The highest BCUT2D eigenvalue weighted by Gasteiger charge is 2.26. The van der Waals surface area contributed by atoms with Gasteiger partial charge in [-0.25, -0.2) is 14.3 Å². The van der Waals surface area contributed by atoms with Gasteiger partial charge in [-0.2, -0.15) is 5.10 Å². The fourth-order valence-electron chi connectivity index (χ4n) is 4.39. The lowest BCUT2D eigenvalue weighted by atomic mass is 9.95. The SMILES string of the molecule is CCn1c(C2CCN(Cc3ccc(C(=O)OC)cc3)CC2)nn(Cc2ccccc2)c1=O. The third kappa shape index (κ3) is 4.83. The molecule has 0 saturated carbocycles. The average molecular weight is 435 g/mol. The van der Waals surface area contributed by atoms with Gasteiger partial charge >= 0.3 is 11.7 Å². The van der Waals surface area contributed by atoms with Gasteiger partial charge in [0.25, 0.3) is 0 Å². The predicted octanol–water partition coefficient (Wildman–Crippen LogP) is 3.28. The van der Waals surface area contributed by atoms with E-state index in [-0.39, 0.29) is 17.6 Å². The summed E-state index contributed by atoms with van der Waals surface area (Å²) in [5, 5.41) is 4.75. The van der Waals surface area contributed by atoms with Crippen molar-refractivity contribution in [2.24, 2.45) is 0 Å². The fourth-order valence-corrected chi connectivity index (χ4v) is 4.39. The molecular formula is C25H30N4O3. The number of rotatable bonds is 7. The van der Waals surface area contributed by atoms with Gasteiger partial charge in [0.2, 0.25) is 0 Å². The summed E-state index contributed by atoms with van der Waals surface area (Å²) in [6, 6.07) is 17.6. The van der Waals surface area contributed by atoms with Gasteiger partial charge < -0.3 is 4.74 Å². The summed E-state index contributed by atoms with van der Waals surface area (Å²) in [5.74, 6) is 0.888. The lowest BCUT2D eigenvalue weighted by molar-refractivity contribution is 0.0600. The first-order valence-electron chi connectivity index (χ1n) is 11.2. The molecule has 0 spiro atoms. The number of piperidine rings is 1. The number of aromatic nitrogens is 3. The molecule has 3 aromatic rings. The smallest absolute Gasteiger partial charge is 0.346 e. The minimum atomic E-state index is -0.314. The van der Waals surface area contributed by atoms with Gasteiger partial charge in [-0.3, -0.25) is 9.47 Å². The van der Waals surface area contributed by atoms with Gasteiger partial charge in [-0.05, 0) is 56.1 Å². The number of hydrogen-bond acceptors (Lipinski definition) is 5. The first-order chi connectivity index (χ1) is 15.6. The largest absolute Gasteiger partial charge is 0.465 e. The molecule has 0 bridgehead atoms. The molecule has 168 valence electrons. The van der Waals surface area contributed by atoms with Crippen LogP contribution < -0.4 is 5.69 Å². The Hall–Kier alpha value is -3.19. The maximum atomic E-state index is 12.9. The summed E-state index contributed by atoms with van der Waals surface area (Å²) in [7, 11) is 1.39. The minimum Gasteiger partial charge on any atom is -0.465 e. The number of ether oxygens (including phenoxy) is 1. The molecule has 0 aliphatic carbocycles. The van der Waals surface area contributed by atoms with E-state index >= 15 is 0 Å². The molecule has 1 aliphatic rings. The van der Waals surface area contributed by atoms with Crippen LogP contribution >= 0.6 is 0 Å². The molecule has 4 rings (SSSR count). The van der Waals surface area contributed by atoms with Crippen LogP contribution in [-0.4, -0.2) is 45.4 Å². The van der Waals surface area contributed by atoms with Gasteiger partial charge in [0.1, 0.15) is 5.82 Å². The standard InChI is InChI=1S/C25H30N4O3/c1-3-28-23(26-29(25(28)31)18-19-7-5-4-6-8-19)21-13-15-27(16-14-21)17-20-9-11-22(12-10-20)24(30)32-2/h4-12,21H,3,13-18H2,1-2H3. The Labute approximate surface area is 188 Å². The molecule has 1 fully saturated rings. The first-order valence-corrected chi connectivity index (χ1v) is 11.2. The molecule has 1 aromatic heterocycles. The summed E-state index contributed by atoms with van der Waals surface area (Å²) in [4.78, 5) is 26.9.